The van der Waals surface area contributed by atoms with Gasteiger partial charge in [-0.15, -0.1) is 11.8 Å². The zero-order chi connectivity index (χ0) is 8.39. The van der Waals surface area contributed by atoms with Crippen molar-refractivity contribution in [1.82, 2.24) is 5.32 Å². The molecule has 0 aromatic heterocycles. The molecule has 1 heterocycles. The van der Waals surface area contributed by atoms with E-state index in [1.807, 2.05) is 11.8 Å². The first-order valence-electron chi connectivity index (χ1n) is 4.19. The fraction of sp³-hybridized carbons (Fsp3) is 0.300. The Morgan fingerprint density at radius 1 is 1.50 bits per heavy atom. The van der Waals surface area contributed by atoms with Gasteiger partial charge in [0.15, 0.2) is 0 Å². The first-order valence-corrected chi connectivity index (χ1v) is 5.07. The van der Waals surface area contributed by atoms with Crippen LogP contribution in [0.4, 0.5) is 0 Å². The maximum absolute atomic E-state index is 3.81. The Morgan fingerprint density at radius 3 is 3.17 bits per heavy atom. The van der Waals surface area contributed by atoms with Crippen LogP contribution in [-0.2, 0) is 0 Å². The summed E-state index contributed by atoms with van der Waals surface area (Å²) in [4.78, 5) is 1.37. The molecule has 1 aliphatic heterocycles. The second kappa shape index (κ2) is 3.50. The van der Waals surface area contributed by atoms with Crippen LogP contribution < -0.4 is 5.32 Å². The molecule has 1 nitrogen and oxygen atoms in total. The summed E-state index contributed by atoms with van der Waals surface area (Å²) in [5, 5.41) is 3.91. The zero-order valence-electron chi connectivity index (χ0n) is 6.92. The summed E-state index contributed by atoms with van der Waals surface area (Å²) in [5.41, 5.74) is 1.39. The monoisotopic (exact) mass is 178 g/mol. The van der Waals surface area contributed by atoms with Gasteiger partial charge in [-0.1, -0.05) is 19.1 Å². The van der Waals surface area contributed by atoms with Crippen LogP contribution >= 0.6 is 11.8 Å². The molecular weight excluding hydrogens is 166 g/mol. The smallest absolute Gasteiger partial charge is 0.0836 e. The van der Waals surface area contributed by atoms with E-state index >= 15 is 0 Å². The molecule has 12 heavy (non-hydrogen) atoms. The fourth-order valence-electron chi connectivity index (χ4n) is 1.35. The molecule has 0 aliphatic carbocycles. The number of thioether (sulfide) groups is 1. The van der Waals surface area contributed by atoms with Gasteiger partial charge in [0.05, 0.1) is 5.37 Å². The average Bonchev–Trinajstić information content (AvgIpc) is 2.38. The van der Waals surface area contributed by atoms with E-state index in [4.69, 9.17) is 0 Å². The van der Waals surface area contributed by atoms with E-state index < -0.39 is 0 Å². The number of rotatable bonds is 3. The lowest BCUT2D eigenvalue weighted by Crippen LogP contribution is -2.17. The van der Waals surface area contributed by atoms with E-state index in [9.17, 15) is 0 Å². The highest BCUT2D eigenvalue weighted by molar-refractivity contribution is 7.99. The summed E-state index contributed by atoms with van der Waals surface area (Å²) in [6, 6.07) is 8.68. The molecule has 2 bridgehead atoms. The van der Waals surface area contributed by atoms with Crippen molar-refractivity contribution in [1.29, 1.82) is 0 Å². The highest BCUT2D eigenvalue weighted by atomic mass is 32.2. The lowest BCUT2D eigenvalue weighted by Gasteiger charge is -2.10. The Kier molecular flexibility index (Phi) is 2.38. The lowest BCUT2D eigenvalue weighted by atomic mass is 10.2. The maximum Gasteiger partial charge on any atom is 0.0836 e. The molecule has 1 aliphatic rings. The van der Waals surface area contributed by atoms with Gasteiger partial charge in [0.2, 0.25) is 0 Å². The Morgan fingerprint density at radius 2 is 2.42 bits per heavy atom. The van der Waals surface area contributed by atoms with Crippen LogP contribution in [0.25, 0.3) is 0 Å². The van der Waals surface area contributed by atoms with Crippen LogP contribution in [0.2, 0.25) is 0 Å². The van der Waals surface area contributed by atoms with Crippen molar-refractivity contribution < 1.29 is 0 Å². The molecule has 1 aromatic carbocycles. The van der Waals surface area contributed by atoms with Gasteiger partial charge in [-0.25, -0.2) is 0 Å². The summed E-state index contributed by atoms with van der Waals surface area (Å²) < 4.78 is 0. The predicted octanol–water partition coefficient (Wildman–Crippen LogP) is 2.60. The topological polar surface area (TPSA) is 12.0 Å². The summed E-state index contributed by atoms with van der Waals surface area (Å²) in [6.07, 6.45) is 0.951. The maximum atomic E-state index is 3.81. The molecule has 2 rings (SSSR count). The third-order valence-corrected chi connectivity index (χ3v) is 3.12. The van der Waals surface area contributed by atoms with Gasteiger partial charge in [0, 0.05) is 4.90 Å². The van der Waals surface area contributed by atoms with Crippen molar-refractivity contribution in [2.75, 3.05) is 6.54 Å². The van der Waals surface area contributed by atoms with Crippen molar-refractivity contribution in [2.24, 2.45) is 0 Å². The van der Waals surface area contributed by atoms with E-state index in [1.54, 1.807) is 0 Å². The molecule has 1 unspecified atom stereocenters. The van der Waals surface area contributed by atoms with Gasteiger partial charge in [0.1, 0.15) is 0 Å². The molecule has 2 heteroatoms. The number of nitrogens with one attached hydrogen (secondary N) is 1. The average molecular weight is 178 g/mol. The van der Waals surface area contributed by atoms with E-state index in [-0.39, 0.29) is 0 Å². The highest BCUT2D eigenvalue weighted by Crippen LogP contribution is 2.40. The van der Waals surface area contributed by atoms with Gasteiger partial charge in [-0.05, 0) is 30.7 Å². The van der Waals surface area contributed by atoms with Crippen molar-refractivity contribution in [3.8, 4) is 0 Å². The van der Waals surface area contributed by atoms with Gasteiger partial charge < -0.3 is 5.32 Å². The third kappa shape index (κ3) is 1.50. The standard InChI is InChI=1S/C10H12NS/c1-2-6-11-10-8-4-3-5-9(7-8)12-10/h3-5,7,10-11H,1-2,6H2. The molecule has 0 amide bonds. The van der Waals surface area contributed by atoms with Gasteiger partial charge >= 0.3 is 0 Å². The number of hydrogen-bond donors (Lipinski definition) is 1. The molecule has 1 aromatic rings. The molecule has 0 saturated heterocycles. The molecule has 1 atom stereocenters. The zero-order valence-corrected chi connectivity index (χ0v) is 7.73. The predicted molar refractivity (Wildman–Crippen MR) is 53.0 cm³/mol. The van der Waals surface area contributed by atoms with Gasteiger partial charge in [0.25, 0.3) is 0 Å². The van der Waals surface area contributed by atoms with Crippen LogP contribution in [0.5, 0.6) is 0 Å². The van der Waals surface area contributed by atoms with Crippen molar-refractivity contribution >= 4 is 11.8 Å². The first kappa shape index (κ1) is 8.14. The molecule has 63 valence electrons. The molecule has 0 saturated carbocycles. The Bertz CT molecular complexity index is 272. The van der Waals surface area contributed by atoms with Gasteiger partial charge in [-0.3, -0.25) is 0 Å². The van der Waals surface area contributed by atoms with Crippen molar-refractivity contribution in [2.45, 2.75) is 16.7 Å². The van der Waals surface area contributed by atoms with E-state index in [2.05, 4.69) is 36.5 Å². The third-order valence-electron chi connectivity index (χ3n) is 1.92. The Labute approximate surface area is 77.6 Å². The summed E-state index contributed by atoms with van der Waals surface area (Å²) in [6.45, 7) is 4.80. The Balaban J connectivity index is 2.03. The van der Waals surface area contributed by atoms with Crippen LogP contribution in [0.15, 0.2) is 29.2 Å². The molecular formula is C10H12NS. The second-order valence-electron chi connectivity index (χ2n) is 2.88. The van der Waals surface area contributed by atoms with Crippen LogP contribution in [0.3, 0.4) is 0 Å². The Hall–Kier alpha value is -0.470. The van der Waals surface area contributed by atoms with Crippen LogP contribution in [-0.4, -0.2) is 6.54 Å². The van der Waals surface area contributed by atoms with E-state index in [0.29, 0.717) is 5.37 Å². The van der Waals surface area contributed by atoms with Crippen LogP contribution in [0.1, 0.15) is 17.4 Å². The number of fused-ring (bicyclic) bond motifs is 2. The minimum Gasteiger partial charge on any atom is -0.301 e. The molecule has 0 fully saturated rings. The molecule has 1 radical (unpaired) electrons. The summed E-state index contributed by atoms with van der Waals surface area (Å²) >= 11 is 1.89. The molecule has 0 spiro atoms. The quantitative estimate of drug-likeness (QED) is 0.763. The van der Waals surface area contributed by atoms with Gasteiger partial charge in [-0.2, -0.15) is 0 Å². The van der Waals surface area contributed by atoms with E-state index in [0.717, 1.165) is 13.0 Å². The highest BCUT2D eigenvalue weighted by Gasteiger charge is 2.18. The largest absolute Gasteiger partial charge is 0.301 e. The number of hydrogen-bond acceptors (Lipinski definition) is 2. The fourth-order valence-corrected chi connectivity index (χ4v) is 2.47. The first-order chi connectivity index (χ1) is 5.90. The van der Waals surface area contributed by atoms with Crippen molar-refractivity contribution in [3.63, 3.8) is 0 Å². The summed E-state index contributed by atoms with van der Waals surface area (Å²) in [5.74, 6) is 0. The lowest BCUT2D eigenvalue weighted by molar-refractivity contribution is 0.685. The van der Waals surface area contributed by atoms with Crippen LogP contribution in [0, 0.1) is 6.92 Å². The van der Waals surface area contributed by atoms with E-state index in [1.165, 1.54) is 10.5 Å². The molecule has 1 N–H and O–H groups in total. The SMILES string of the molecule is [CH2]CCNC1Sc2cccc1c2. The second-order valence-corrected chi connectivity index (χ2v) is 4.06. The minimum atomic E-state index is 0.469. The normalized spacial score (nSPS) is 19.9. The van der Waals surface area contributed by atoms with Crippen molar-refractivity contribution in [3.05, 3.63) is 36.8 Å². The number of benzene rings is 1. The minimum absolute atomic E-state index is 0.469. The summed E-state index contributed by atoms with van der Waals surface area (Å²) in [7, 11) is 0.